The van der Waals surface area contributed by atoms with Crippen LogP contribution in [0.15, 0.2) is 28.4 Å². The minimum absolute atomic E-state index is 0.0254. The number of aryl methyl sites for hydroxylation is 1. The Hall–Kier alpha value is -2.44. The molecule has 0 saturated heterocycles. The van der Waals surface area contributed by atoms with Crippen molar-refractivity contribution in [2.24, 2.45) is 15.9 Å². The number of amidine groups is 2. The van der Waals surface area contributed by atoms with Gasteiger partial charge in [0.05, 0.1) is 5.69 Å². The number of nitrogens with zero attached hydrogens (tertiary/aromatic N) is 2. The van der Waals surface area contributed by atoms with Crippen LogP contribution in [-0.2, 0) is 0 Å². The van der Waals surface area contributed by atoms with E-state index in [1.807, 2.05) is 0 Å². The van der Waals surface area contributed by atoms with Gasteiger partial charge >= 0.3 is 0 Å². The monoisotopic (exact) mass is 234 g/mol. The lowest BCUT2D eigenvalue weighted by molar-refractivity contribution is 0.629. The van der Waals surface area contributed by atoms with E-state index < -0.39 is 5.82 Å². The first-order valence-electron chi connectivity index (χ1n) is 4.86. The lowest BCUT2D eigenvalue weighted by Crippen LogP contribution is -2.28. The first-order valence-corrected chi connectivity index (χ1v) is 4.86. The van der Waals surface area contributed by atoms with Gasteiger partial charge in [0, 0.05) is 0 Å². The summed E-state index contributed by atoms with van der Waals surface area (Å²) < 4.78 is 13.5. The molecule has 1 aliphatic rings. The fraction of sp³-hybridized carbons (Fsp3) is 0.100. The summed E-state index contributed by atoms with van der Waals surface area (Å²) in [6.07, 6.45) is 0. The second-order valence-corrected chi connectivity index (χ2v) is 3.54. The largest absolute Gasteiger partial charge is 0.380 e. The zero-order valence-corrected chi connectivity index (χ0v) is 9.08. The van der Waals surface area contributed by atoms with Crippen LogP contribution in [0.25, 0.3) is 0 Å². The number of halogens is 1. The van der Waals surface area contributed by atoms with Gasteiger partial charge in [-0.2, -0.15) is 10.2 Å². The molecule has 0 unspecified atom stereocenters. The maximum atomic E-state index is 13.5. The number of nitrogens with one attached hydrogen (secondary N) is 3. The number of rotatable bonds is 2. The summed E-state index contributed by atoms with van der Waals surface area (Å²) in [6.45, 7) is 1.79. The molecule has 7 heteroatoms. The molecule has 2 rings (SSSR count). The van der Waals surface area contributed by atoms with Gasteiger partial charge in [0.15, 0.2) is 17.4 Å². The van der Waals surface area contributed by atoms with Gasteiger partial charge in [-0.3, -0.25) is 16.3 Å². The number of benzene rings is 1. The van der Waals surface area contributed by atoms with E-state index in [1.54, 1.807) is 19.1 Å². The van der Waals surface area contributed by atoms with Crippen molar-refractivity contribution in [2.75, 3.05) is 5.43 Å². The fourth-order valence-corrected chi connectivity index (χ4v) is 1.29. The molecule has 0 aromatic heterocycles. The summed E-state index contributed by atoms with van der Waals surface area (Å²) in [5.41, 5.74) is 11.5. The van der Waals surface area contributed by atoms with Crippen molar-refractivity contribution in [2.45, 2.75) is 6.92 Å². The van der Waals surface area contributed by atoms with Crippen LogP contribution in [0, 0.1) is 18.2 Å². The lowest BCUT2D eigenvalue weighted by Gasteiger charge is -2.04. The molecular formula is C10H11FN6. The zero-order valence-electron chi connectivity index (χ0n) is 9.08. The molecule has 1 aliphatic heterocycles. The average Bonchev–Trinajstić information content (AvgIpc) is 2.58. The molecule has 0 saturated carbocycles. The van der Waals surface area contributed by atoms with E-state index in [1.165, 1.54) is 6.07 Å². The highest BCUT2D eigenvalue weighted by Gasteiger charge is 2.18. The van der Waals surface area contributed by atoms with Crippen molar-refractivity contribution in [3.05, 3.63) is 29.6 Å². The first-order chi connectivity index (χ1) is 8.08. The summed E-state index contributed by atoms with van der Waals surface area (Å²) in [6, 6.07) is 4.70. The quantitative estimate of drug-likeness (QED) is 0.568. The normalized spacial score (nSPS) is 16.9. The molecule has 0 aliphatic carbocycles. The average molecular weight is 234 g/mol. The van der Waals surface area contributed by atoms with Crippen LogP contribution in [0.5, 0.6) is 0 Å². The zero-order chi connectivity index (χ0) is 12.4. The van der Waals surface area contributed by atoms with Crippen LogP contribution in [0.4, 0.5) is 10.1 Å². The summed E-state index contributed by atoms with van der Waals surface area (Å²) in [5, 5.41) is 14.9. The highest BCUT2D eigenvalue weighted by Crippen LogP contribution is 2.15. The molecule has 1 aromatic carbocycles. The molecule has 5 N–H and O–H groups in total. The molecule has 17 heavy (non-hydrogen) atoms. The third-order valence-corrected chi connectivity index (χ3v) is 2.18. The number of hydrogen-bond acceptors (Lipinski definition) is 5. The van der Waals surface area contributed by atoms with Gasteiger partial charge in [-0.15, -0.1) is 0 Å². The summed E-state index contributed by atoms with van der Waals surface area (Å²) in [5.74, 6) is -0.347. The van der Waals surface area contributed by atoms with Gasteiger partial charge in [0.2, 0.25) is 0 Å². The number of nitrogens with two attached hydrogens (primary N) is 1. The van der Waals surface area contributed by atoms with Crippen molar-refractivity contribution >= 4 is 23.1 Å². The topological polar surface area (TPSA) is 98.6 Å². The Labute approximate surface area is 96.9 Å². The summed E-state index contributed by atoms with van der Waals surface area (Å²) in [7, 11) is 0. The highest BCUT2D eigenvalue weighted by atomic mass is 19.1. The van der Waals surface area contributed by atoms with E-state index in [4.69, 9.17) is 11.1 Å². The van der Waals surface area contributed by atoms with Gasteiger partial charge in [-0.25, -0.2) is 4.39 Å². The van der Waals surface area contributed by atoms with E-state index in [0.717, 1.165) is 5.56 Å². The molecule has 1 heterocycles. The van der Waals surface area contributed by atoms with E-state index in [9.17, 15) is 4.39 Å². The molecule has 0 spiro atoms. The van der Waals surface area contributed by atoms with Crippen LogP contribution in [0.2, 0.25) is 0 Å². The van der Waals surface area contributed by atoms with Gasteiger partial charge in [-0.1, -0.05) is 6.07 Å². The van der Waals surface area contributed by atoms with Crippen LogP contribution in [0.3, 0.4) is 0 Å². The molecule has 88 valence electrons. The van der Waals surface area contributed by atoms with Crippen LogP contribution >= 0.6 is 0 Å². The Morgan fingerprint density at radius 1 is 1.53 bits per heavy atom. The summed E-state index contributed by atoms with van der Waals surface area (Å²) >= 11 is 0. The van der Waals surface area contributed by atoms with Crippen molar-refractivity contribution in [1.29, 1.82) is 5.41 Å². The number of hydrazone groups is 2. The smallest absolute Gasteiger partial charge is 0.175 e. The molecular weight excluding hydrogens is 223 g/mol. The Balaban J connectivity index is 2.20. The Kier molecular flexibility index (Phi) is 2.73. The van der Waals surface area contributed by atoms with Gasteiger partial charge in [0.25, 0.3) is 0 Å². The van der Waals surface area contributed by atoms with Gasteiger partial charge in [-0.05, 0) is 24.6 Å². The predicted molar refractivity (Wildman–Crippen MR) is 64.7 cm³/mol. The second kappa shape index (κ2) is 4.20. The Morgan fingerprint density at radius 3 is 2.88 bits per heavy atom. The first kappa shape index (κ1) is 11.1. The third-order valence-electron chi connectivity index (χ3n) is 2.18. The van der Waals surface area contributed by atoms with E-state index in [0.29, 0.717) is 0 Å². The SMILES string of the molecule is Cc1ccc(N/N=C2\C(=N)NN=C2N)c(F)c1. The Morgan fingerprint density at radius 2 is 2.29 bits per heavy atom. The van der Waals surface area contributed by atoms with E-state index in [-0.39, 0.29) is 23.1 Å². The molecule has 1 aromatic rings. The second-order valence-electron chi connectivity index (χ2n) is 3.54. The van der Waals surface area contributed by atoms with Gasteiger partial charge < -0.3 is 5.73 Å². The maximum Gasteiger partial charge on any atom is 0.175 e. The predicted octanol–water partition coefficient (Wildman–Crippen LogP) is 0.755. The third kappa shape index (κ3) is 2.22. The molecule has 0 radical (unpaired) electrons. The van der Waals surface area contributed by atoms with Crippen molar-refractivity contribution in [3.63, 3.8) is 0 Å². The number of hydrogen-bond donors (Lipinski definition) is 4. The van der Waals surface area contributed by atoms with Gasteiger partial charge in [0.1, 0.15) is 5.82 Å². The molecule has 0 bridgehead atoms. The van der Waals surface area contributed by atoms with Crippen molar-refractivity contribution in [3.8, 4) is 0 Å². The molecule has 0 atom stereocenters. The minimum atomic E-state index is -0.414. The van der Waals surface area contributed by atoms with Crippen molar-refractivity contribution < 1.29 is 4.39 Å². The maximum absolute atomic E-state index is 13.5. The molecule has 0 amide bonds. The molecule has 0 fully saturated rings. The standard InChI is InChI=1S/C10H11FN6/c1-5-2-3-7(6(11)4-5)14-15-8-9(12)16-17-10(8)13/h2-4,14H,1H3,(H4,12,13,15,16,17). The minimum Gasteiger partial charge on any atom is -0.380 e. The Bertz CT molecular complexity index is 534. The van der Waals surface area contributed by atoms with Crippen molar-refractivity contribution in [1.82, 2.24) is 5.43 Å². The van der Waals surface area contributed by atoms with E-state index >= 15 is 0 Å². The summed E-state index contributed by atoms with van der Waals surface area (Å²) in [4.78, 5) is 0. The van der Waals surface area contributed by atoms with Crippen LogP contribution < -0.4 is 16.6 Å². The van der Waals surface area contributed by atoms with Crippen LogP contribution in [0.1, 0.15) is 5.56 Å². The lowest BCUT2D eigenvalue weighted by atomic mass is 10.2. The van der Waals surface area contributed by atoms with Crippen LogP contribution in [-0.4, -0.2) is 17.4 Å². The van der Waals surface area contributed by atoms with E-state index in [2.05, 4.69) is 21.1 Å². The highest BCUT2D eigenvalue weighted by molar-refractivity contribution is 6.68. The number of anilines is 1. The molecule has 6 nitrogen and oxygen atoms in total. The fourth-order valence-electron chi connectivity index (χ4n) is 1.29.